The third kappa shape index (κ3) is 23.6. The Balaban J connectivity index is 0.911. The average molecular weight is 1920 g/mol. The summed E-state index contributed by atoms with van der Waals surface area (Å²) >= 11 is 14.7. The molecule has 4 aliphatic carbocycles. The van der Waals surface area contributed by atoms with Crippen molar-refractivity contribution in [3.05, 3.63) is 187 Å². The quantitative estimate of drug-likeness (QED) is 0.0138. The zero-order valence-corrected chi connectivity index (χ0v) is 76.9. The van der Waals surface area contributed by atoms with E-state index in [1.54, 1.807) is 62.4 Å². The van der Waals surface area contributed by atoms with Crippen LogP contribution >= 0.6 is 23.2 Å². The smallest absolute Gasteiger partial charge is 0.323 e. The fourth-order valence-electron chi connectivity index (χ4n) is 18.5. The molecule has 9 amide bonds. The number of primary amides is 1. The molecule has 0 radical (unpaired) electrons. The maximum absolute atomic E-state index is 16.5. The number of aliphatic hydroxyl groups excluding tert-OH is 9. The van der Waals surface area contributed by atoms with E-state index in [0.717, 1.165) is 23.8 Å². The first kappa shape index (κ1) is 101. The number of halogens is 2. The number of ether oxygens (including phenoxy) is 7. The Kier molecular flexibility index (Phi) is 33.0. The summed E-state index contributed by atoms with van der Waals surface area (Å²) in [4.78, 5) is 150. The van der Waals surface area contributed by atoms with Crippen molar-refractivity contribution in [2.24, 2.45) is 35.3 Å². The van der Waals surface area contributed by atoms with Crippen molar-refractivity contribution in [1.29, 1.82) is 0 Å². The number of hydrogen-bond acceptors (Lipinski definition) is 30. The van der Waals surface area contributed by atoms with Crippen LogP contribution in [-0.4, -0.2) is 277 Å². The highest BCUT2D eigenvalue weighted by Crippen LogP contribution is 2.49. The Morgan fingerprint density at radius 3 is 2.24 bits per heavy atom. The van der Waals surface area contributed by atoms with Crippen LogP contribution in [0.5, 0.6) is 23.0 Å². The van der Waals surface area contributed by atoms with Crippen LogP contribution in [0.3, 0.4) is 0 Å². The number of fused-ring (bicyclic) bond motifs is 12. The largest absolute Gasteiger partial charge is 0.513 e. The Morgan fingerprint density at radius 1 is 0.815 bits per heavy atom. The van der Waals surface area contributed by atoms with Crippen molar-refractivity contribution in [3.8, 4) is 23.0 Å². The molecule has 11 bridgehead atoms. The van der Waals surface area contributed by atoms with Crippen molar-refractivity contribution in [3.63, 3.8) is 0 Å². The molecule has 7 heterocycles. The summed E-state index contributed by atoms with van der Waals surface area (Å²) < 4.78 is 46.2. The van der Waals surface area contributed by atoms with Crippen LogP contribution in [-0.2, 0) is 65.7 Å². The number of benzene rings is 4. The lowest BCUT2D eigenvalue weighted by atomic mass is 9.67. The first-order valence-corrected chi connectivity index (χ1v) is 45.6. The zero-order valence-electron chi connectivity index (χ0n) is 75.4. The molecule has 0 spiro atoms. The lowest BCUT2D eigenvalue weighted by Crippen LogP contribution is -2.65. The SMILES string of the molecule is CNC(CC(C)C)C(=O)NC1C(=O)N[C@@H](CC(N)=O)C(=O)N[C@H]2C(=O)N[C@H]3C(=O)N[C@H](C(=O)N[C@@H](C(=O)NCCCN(C)C)C4CC(O)=C[C@H](O)C4C4=C[C@@H]3CC[C@H]4O)C(O)[C@@H]3C=C(Cl)C(=CC3)Oc3cc2cc(c3OC2OC(CO)[C@@H](O)C(O)[C@@H]2O[C@@H]2CC(C)(NCc3cccc(NC(=O)c4ccc(C)c(OCc5ccccc5)c4[N+](=O)[O-])c3)[C@H](O)C(C)O2)O[C@@H]2C=CC(=CC2Cl)[C@H]1O. The average Bonchev–Trinajstić information content (AvgIpc) is 0.766. The van der Waals surface area contributed by atoms with Crippen LogP contribution in [0.25, 0.3) is 0 Å². The lowest BCUT2D eigenvalue weighted by Gasteiger charge is -2.48. The second kappa shape index (κ2) is 44.0. The van der Waals surface area contributed by atoms with Gasteiger partial charge in [0.25, 0.3) is 5.91 Å². The number of rotatable bonds is 26. The minimum Gasteiger partial charge on any atom is -0.513 e. The van der Waals surface area contributed by atoms with Crippen LogP contribution in [0.2, 0.25) is 0 Å². The highest BCUT2D eigenvalue weighted by molar-refractivity contribution is 6.32. The number of carbonyl (C=O) groups excluding carboxylic acids is 9. The normalized spacial score (nSPS) is 31.8. The first-order chi connectivity index (χ1) is 64.2. The number of hydrogen-bond donors (Lipinski definition) is 20. The molecule has 21 N–H and O–H groups in total. The number of allylic oxidation sites excluding steroid dienone is 3. The Morgan fingerprint density at radius 2 is 1.54 bits per heavy atom. The number of nitrogens with two attached hydrogens (primary N) is 1. The van der Waals surface area contributed by atoms with Crippen LogP contribution < -0.4 is 77.8 Å². The van der Waals surface area contributed by atoms with Gasteiger partial charge in [-0.1, -0.05) is 98.3 Å². The number of anilines is 1. The molecule has 0 aromatic heterocycles. The van der Waals surface area contributed by atoms with Crippen molar-refractivity contribution in [2.45, 2.75) is 232 Å². The topological polar surface area (TPSA) is 593 Å². The van der Waals surface area contributed by atoms with Gasteiger partial charge in [-0.2, -0.15) is 0 Å². The molecule has 15 rings (SSSR count). The van der Waals surface area contributed by atoms with E-state index in [9.17, 15) is 75.3 Å². The van der Waals surface area contributed by atoms with E-state index >= 15 is 24.0 Å². The van der Waals surface area contributed by atoms with Crippen molar-refractivity contribution in [1.82, 2.24) is 52.8 Å². The Labute approximate surface area is 787 Å². The molecule has 0 saturated carbocycles. The highest BCUT2D eigenvalue weighted by atomic mass is 35.5. The molecular formula is C93H117Cl2N13O27. The van der Waals surface area contributed by atoms with E-state index in [2.05, 4.69) is 53.2 Å². The highest BCUT2D eigenvalue weighted by Gasteiger charge is 2.54. The van der Waals surface area contributed by atoms with Gasteiger partial charge < -0.3 is 143 Å². The fourth-order valence-corrected chi connectivity index (χ4v) is 19.0. The number of likely N-dealkylation sites (N-methyl/N-ethyl adjacent to an activating group) is 1. The van der Waals surface area contributed by atoms with Gasteiger partial charge in [0.2, 0.25) is 65.0 Å². The monoisotopic (exact) mass is 1920 g/mol. The molecular weight excluding hydrogens is 1800 g/mol. The van der Waals surface area contributed by atoms with Gasteiger partial charge in [0, 0.05) is 60.8 Å². The van der Waals surface area contributed by atoms with Gasteiger partial charge in [-0.25, -0.2) is 0 Å². The lowest BCUT2D eigenvalue weighted by molar-refractivity contribution is -0.386. The minimum absolute atomic E-state index is 0.0137. The van der Waals surface area contributed by atoms with Gasteiger partial charge in [-0.05, 0) is 168 Å². The van der Waals surface area contributed by atoms with Crippen LogP contribution in [0.15, 0.2) is 149 Å². The predicted molar refractivity (Wildman–Crippen MR) is 485 cm³/mol. The predicted octanol–water partition coefficient (Wildman–Crippen LogP) is 1.30. The number of aryl methyl sites for hydroxylation is 1. The molecule has 2 fully saturated rings. The summed E-state index contributed by atoms with van der Waals surface area (Å²) in [6.07, 6.45) is -15.3. The summed E-state index contributed by atoms with van der Waals surface area (Å²) in [6, 6.07) is 7.30. The van der Waals surface area contributed by atoms with E-state index in [4.69, 9.17) is 62.1 Å². The molecule has 730 valence electrons. The molecule has 26 atom stereocenters. The van der Waals surface area contributed by atoms with E-state index < -0.39 is 256 Å². The summed E-state index contributed by atoms with van der Waals surface area (Å²) in [7, 11) is 5.13. The number of nitrogens with one attached hydrogen (secondary N) is 10. The number of carbonyl (C=O) groups is 9. The summed E-state index contributed by atoms with van der Waals surface area (Å²) in [5.74, 6) is -17.9. The van der Waals surface area contributed by atoms with E-state index in [0.29, 0.717) is 24.1 Å². The number of amides is 9. The summed E-state index contributed by atoms with van der Waals surface area (Å²) in [5.41, 5.74) is 5.02. The van der Waals surface area contributed by atoms with Gasteiger partial charge in [-0.3, -0.25) is 53.3 Å². The van der Waals surface area contributed by atoms with Gasteiger partial charge in [0.05, 0.1) is 70.7 Å². The third-order valence-corrected chi connectivity index (χ3v) is 26.4. The Hall–Kier alpha value is -11.0. The summed E-state index contributed by atoms with van der Waals surface area (Å²) in [6.45, 7) is 7.95. The molecule has 42 heteroatoms. The number of alkyl halides is 1. The van der Waals surface area contributed by atoms with Crippen LogP contribution in [0, 0.1) is 46.6 Å². The molecule has 4 aromatic carbocycles. The van der Waals surface area contributed by atoms with Crippen LogP contribution in [0.4, 0.5) is 11.4 Å². The van der Waals surface area contributed by atoms with Gasteiger partial charge in [0.15, 0.2) is 23.9 Å². The van der Waals surface area contributed by atoms with E-state index in [1.165, 1.54) is 62.6 Å². The molecule has 2 saturated heterocycles. The van der Waals surface area contributed by atoms with Crippen molar-refractivity contribution in [2.75, 3.05) is 46.2 Å². The third-order valence-electron chi connectivity index (χ3n) is 25.7. The second-order valence-electron chi connectivity index (χ2n) is 36.3. The minimum atomic E-state index is -2.30. The molecule has 4 aromatic rings. The van der Waals surface area contributed by atoms with Crippen molar-refractivity contribution < 1.29 is 127 Å². The Bertz CT molecular complexity index is 5290. The van der Waals surface area contributed by atoms with E-state index in [-0.39, 0.29) is 109 Å². The molecule has 11 unspecified atom stereocenters. The second-order valence-corrected chi connectivity index (χ2v) is 37.2. The molecule has 40 nitrogen and oxygen atoms in total. The number of aliphatic hydroxyl groups is 9. The zero-order chi connectivity index (χ0) is 97.5. The molecule has 135 heavy (non-hydrogen) atoms. The summed E-state index contributed by atoms with van der Waals surface area (Å²) in [5, 5.41) is 147. The maximum atomic E-state index is 16.5. The standard InChI is InChI=1S/C93H117Cl2N13O27/c1-42(2)28-58(97-6)85(120)105-73-76(114)48-20-24-62(56(94)31-48)131-64-33-50-34-65(81(64)135-92-82(79(117)78(116)66(40-109)133-92)134-68-38-93(5,83(118)44(4)130-68)99-39-46-16-12-17-51(29-46)100-84(119)53-22-18-43(3)80(75(53)108(127)128)129-41-45-14-10-9-11-15-45)132-63-25-21-49(32-57(63)95)77(115)74-91(126)104-72(87(122)98-26-13-27-107(7)8)55-35-52(110)36-61(112)69(55)54-30-47(19-23-60(54)111)70(88(123)106-74)103-89(124)71(50)102-86(121)59(37-67(96)113)101-90(73)125/h9-12,14-18,20,22,24-25,29-34,36,42,44,47,49,55-56,58-62,66,68-74,76-79,82-83,92,97,99,109-112,114-118H,13,19,21,23,26-28,35,37-41H2,1-8H3,(H2,96,113)(H,98,122)(H,100,119)(H,101,125)(H,102,121)(H,103,124)(H,104,126)(H,105,120)(H,106,123)/t44?,47-,49-,55?,56?,58?,59-,60+,61-,62+,66?,68+,69?,70+,71+,72+,73?,74-,76+,77?,78+,79?,82-,83+,92?,93?/m0/s1. The van der Waals surface area contributed by atoms with Gasteiger partial charge >= 0.3 is 5.69 Å². The number of nitro groups is 1. The van der Waals surface area contributed by atoms with Gasteiger partial charge in [0.1, 0.15) is 84.7 Å². The van der Waals surface area contributed by atoms with E-state index in [1.807, 2.05) is 38.9 Å². The molecule has 7 aliphatic heterocycles. The maximum Gasteiger partial charge on any atom is 0.323 e. The van der Waals surface area contributed by atoms with Crippen molar-refractivity contribution >= 4 is 87.7 Å². The fraction of sp³-hybridized carbons (Fsp3) is 0.516. The number of nitrogens with zero attached hydrogens (tertiary/aromatic N) is 2. The van der Waals surface area contributed by atoms with Gasteiger partial charge in [-0.15, -0.1) is 11.6 Å². The first-order valence-electron chi connectivity index (χ1n) is 44.8. The number of nitro benzene ring substituents is 1. The molecule has 11 aliphatic rings. The van der Waals surface area contributed by atoms with Crippen LogP contribution in [0.1, 0.15) is 118 Å².